The number of amides is 1. The highest BCUT2D eigenvalue weighted by molar-refractivity contribution is 5.91. The number of nitrogens with zero attached hydrogens (tertiary/aromatic N) is 4. The Bertz CT molecular complexity index is 510. The number of rotatable bonds is 6. The van der Waals surface area contributed by atoms with Crippen LogP contribution in [0.1, 0.15) is 29.7 Å². The molecule has 0 atom stereocenters. The van der Waals surface area contributed by atoms with E-state index < -0.39 is 0 Å². The molecule has 0 aromatic carbocycles. The maximum absolute atomic E-state index is 11.7. The van der Waals surface area contributed by atoms with Gasteiger partial charge in [0, 0.05) is 6.54 Å². The molecule has 2 heterocycles. The zero-order valence-corrected chi connectivity index (χ0v) is 10.5. The van der Waals surface area contributed by atoms with Crippen LogP contribution in [0, 0.1) is 0 Å². The smallest absolute Gasteiger partial charge is 0.271 e. The molecule has 0 bridgehead atoms. The van der Waals surface area contributed by atoms with Crippen LogP contribution in [0.2, 0.25) is 0 Å². The van der Waals surface area contributed by atoms with Crippen molar-refractivity contribution in [2.24, 2.45) is 0 Å². The highest BCUT2D eigenvalue weighted by Gasteiger charge is 2.08. The summed E-state index contributed by atoms with van der Waals surface area (Å²) in [5.74, 6) is 0.721. The number of anilines is 1. The van der Waals surface area contributed by atoms with Gasteiger partial charge in [-0.1, -0.05) is 12.1 Å². The zero-order chi connectivity index (χ0) is 13.5. The standard InChI is InChI=1S/C11H14N6O2/c1-2-3-12-9-5-13-8(4-14-9)11(18)15-6-10-16-7-19-17-10/h4-5,7H,2-3,6H2,1H3,(H,12,14)(H,15,18). The van der Waals surface area contributed by atoms with E-state index in [1.165, 1.54) is 18.8 Å². The van der Waals surface area contributed by atoms with Crippen molar-refractivity contribution in [2.75, 3.05) is 11.9 Å². The minimum absolute atomic E-state index is 0.187. The van der Waals surface area contributed by atoms with Gasteiger partial charge in [-0.2, -0.15) is 4.98 Å². The van der Waals surface area contributed by atoms with Gasteiger partial charge in [-0.3, -0.25) is 4.79 Å². The lowest BCUT2D eigenvalue weighted by atomic mass is 10.4. The summed E-state index contributed by atoms with van der Waals surface area (Å²) in [6, 6.07) is 0. The van der Waals surface area contributed by atoms with Crippen LogP contribution in [-0.2, 0) is 6.54 Å². The van der Waals surface area contributed by atoms with Crippen LogP contribution in [0.15, 0.2) is 23.3 Å². The molecule has 2 N–H and O–H groups in total. The number of carbonyl (C=O) groups is 1. The minimum Gasteiger partial charge on any atom is -0.369 e. The Morgan fingerprint density at radius 1 is 1.32 bits per heavy atom. The van der Waals surface area contributed by atoms with Crippen molar-refractivity contribution in [1.29, 1.82) is 0 Å². The van der Waals surface area contributed by atoms with Gasteiger partial charge in [0.2, 0.25) is 6.39 Å². The first-order valence-corrected chi connectivity index (χ1v) is 5.89. The normalized spacial score (nSPS) is 10.2. The van der Waals surface area contributed by atoms with E-state index in [1.807, 2.05) is 0 Å². The highest BCUT2D eigenvalue weighted by atomic mass is 16.5. The van der Waals surface area contributed by atoms with Gasteiger partial charge >= 0.3 is 0 Å². The second kappa shape index (κ2) is 6.43. The van der Waals surface area contributed by atoms with Crippen LogP contribution < -0.4 is 10.6 Å². The summed E-state index contributed by atoms with van der Waals surface area (Å²) in [6.07, 6.45) is 5.15. The van der Waals surface area contributed by atoms with E-state index >= 15 is 0 Å². The Morgan fingerprint density at radius 2 is 2.21 bits per heavy atom. The molecule has 8 heteroatoms. The third-order valence-electron chi connectivity index (χ3n) is 2.25. The third kappa shape index (κ3) is 3.73. The van der Waals surface area contributed by atoms with Gasteiger partial charge in [0.15, 0.2) is 5.82 Å². The molecule has 0 unspecified atom stereocenters. The first-order valence-electron chi connectivity index (χ1n) is 5.89. The number of nitrogens with one attached hydrogen (secondary N) is 2. The molecule has 0 spiro atoms. The maximum atomic E-state index is 11.7. The van der Waals surface area contributed by atoms with E-state index in [0.29, 0.717) is 11.6 Å². The summed E-state index contributed by atoms with van der Waals surface area (Å²) >= 11 is 0. The first kappa shape index (κ1) is 12.9. The Hall–Kier alpha value is -2.51. The molecule has 8 nitrogen and oxygen atoms in total. The van der Waals surface area contributed by atoms with Crippen LogP contribution in [0.4, 0.5) is 5.82 Å². The first-order chi connectivity index (χ1) is 9.29. The van der Waals surface area contributed by atoms with Gasteiger partial charge in [0.05, 0.1) is 18.9 Å². The lowest BCUT2D eigenvalue weighted by Crippen LogP contribution is -2.24. The maximum Gasteiger partial charge on any atom is 0.271 e. The molecule has 2 rings (SSSR count). The molecule has 0 fully saturated rings. The van der Waals surface area contributed by atoms with Crippen molar-refractivity contribution in [3.8, 4) is 0 Å². The lowest BCUT2D eigenvalue weighted by Gasteiger charge is -2.04. The van der Waals surface area contributed by atoms with E-state index in [2.05, 4.69) is 42.2 Å². The van der Waals surface area contributed by atoms with Crippen LogP contribution in [-0.4, -0.2) is 32.6 Å². The van der Waals surface area contributed by atoms with E-state index in [4.69, 9.17) is 0 Å². The zero-order valence-electron chi connectivity index (χ0n) is 10.5. The fourth-order valence-corrected chi connectivity index (χ4v) is 1.31. The molecule has 0 aliphatic heterocycles. The lowest BCUT2D eigenvalue weighted by molar-refractivity contribution is 0.0944. The van der Waals surface area contributed by atoms with Crippen LogP contribution >= 0.6 is 0 Å². The molecule has 0 aliphatic rings. The molecule has 0 radical (unpaired) electrons. The van der Waals surface area contributed by atoms with Crippen molar-refractivity contribution >= 4 is 11.7 Å². The molecule has 2 aromatic rings. The van der Waals surface area contributed by atoms with E-state index in [1.54, 1.807) is 0 Å². The summed E-state index contributed by atoms with van der Waals surface area (Å²) < 4.78 is 4.56. The summed E-state index contributed by atoms with van der Waals surface area (Å²) in [5, 5.41) is 9.28. The summed E-state index contributed by atoms with van der Waals surface area (Å²) in [5.41, 5.74) is 0.241. The SMILES string of the molecule is CCCNc1cnc(C(=O)NCc2ncon2)cn1. The van der Waals surface area contributed by atoms with E-state index in [0.717, 1.165) is 13.0 Å². The predicted octanol–water partition coefficient (Wildman–Crippen LogP) is 0.612. The van der Waals surface area contributed by atoms with Crippen molar-refractivity contribution in [2.45, 2.75) is 19.9 Å². The molecule has 0 aliphatic carbocycles. The Morgan fingerprint density at radius 3 is 2.84 bits per heavy atom. The van der Waals surface area contributed by atoms with Crippen molar-refractivity contribution in [3.63, 3.8) is 0 Å². The molecule has 0 saturated carbocycles. The van der Waals surface area contributed by atoms with Crippen LogP contribution in [0.25, 0.3) is 0 Å². The quantitative estimate of drug-likeness (QED) is 0.785. The van der Waals surface area contributed by atoms with Gasteiger partial charge in [-0.25, -0.2) is 9.97 Å². The minimum atomic E-state index is -0.334. The summed E-state index contributed by atoms with van der Waals surface area (Å²) in [7, 11) is 0. The van der Waals surface area contributed by atoms with Crippen molar-refractivity contribution in [3.05, 3.63) is 30.3 Å². The van der Waals surface area contributed by atoms with Gasteiger partial charge in [0.25, 0.3) is 5.91 Å². The Balaban J connectivity index is 1.88. The van der Waals surface area contributed by atoms with E-state index in [9.17, 15) is 4.79 Å². The van der Waals surface area contributed by atoms with Crippen molar-refractivity contribution in [1.82, 2.24) is 25.4 Å². The van der Waals surface area contributed by atoms with Gasteiger partial charge in [-0.05, 0) is 6.42 Å². The van der Waals surface area contributed by atoms with E-state index in [-0.39, 0.29) is 18.1 Å². The predicted molar refractivity (Wildman–Crippen MR) is 66.3 cm³/mol. The number of aromatic nitrogens is 4. The average Bonchev–Trinajstić information content (AvgIpc) is 2.96. The molecule has 2 aromatic heterocycles. The molecule has 0 saturated heterocycles. The average molecular weight is 262 g/mol. The highest BCUT2D eigenvalue weighted by Crippen LogP contribution is 2.01. The van der Waals surface area contributed by atoms with Crippen LogP contribution in [0.3, 0.4) is 0 Å². The molecule has 1 amide bonds. The van der Waals surface area contributed by atoms with Crippen LogP contribution in [0.5, 0.6) is 0 Å². The monoisotopic (exact) mass is 262 g/mol. The Labute approximate surface area is 109 Å². The third-order valence-corrected chi connectivity index (χ3v) is 2.25. The molecular formula is C11H14N6O2. The number of hydrogen-bond donors (Lipinski definition) is 2. The number of carbonyl (C=O) groups excluding carboxylic acids is 1. The summed E-state index contributed by atoms with van der Waals surface area (Å²) in [4.78, 5) is 23.7. The summed E-state index contributed by atoms with van der Waals surface area (Å²) in [6.45, 7) is 3.06. The van der Waals surface area contributed by atoms with Gasteiger partial charge in [0.1, 0.15) is 11.5 Å². The fraction of sp³-hybridized carbons (Fsp3) is 0.364. The molecule has 100 valence electrons. The van der Waals surface area contributed by atoms with Gasteiger partial charge in [-0.15, -0.1) is 0 Å². The van der Waals surface area contributed by atoms with Crippen molar-refractivity contribution < 1.29 is 9.32 Å². The second-order valence-electron chi connectivity index (χ2n) is 3.74. The molecular weight excluding hydrogens is 248 g/mol. The second-order valence-corrected chi connectivity index (χ2v) is 3.74. The topological polar surface area (TPSA) is 106 Å². The fourth-order valence-electron chi connectivity index (χ4n) is 1.31. The van der Waals surface area contributed by atoms with Gasteiger partial charge < -0.3 is 15.2 Å². The molecule has 19 heavy (non-hydrogen) atoms. The Kier molecular flexibility index (Phi) is 4.38. The number of hydrogen-bond acceptors (Lipinski definition) is 7. The largest absolute Gasteiger partial charge is 0.369 e.